The molecule has 0 aliphatic heterocycles. The van der Waals surface area contributed by atoms with Crippen LogP contribution in [0.2, 0.25) is 0 Å². The number of Topliss-reactive ketones (excluding diaryl/α,β-unsaturated/α-hetero) is 1. The van der Waals surface area contributed by atoms with Crippen LogP contribution in [-0.4, -0.2) is 35.1 Å². The highest BCUT2D eigenvalue weighted by molar-refractivity contribution is 5.97. The van der Waals surface area contributed by atoms with Crippen LogP contribution in [0.1, 0.15) is 93.9 Å². The van der Waals surface area contributed by atoms with E-state index >= 15 is 0 Å². The highest BCUT2D eigenvalue weighted by atomic mass is 16.5. The van der Waals surface area contributed by atoms with Crippen molar-refractivity contribution in [2.24, 2.45) is 45.7 Å². The van der Waals surface area contributed by atoms with Crippen molar-refractivity contribution in [2.45, 2.75) is 112 Å². The summed E-state index contributed by atoms with van der Waals surface area (Å²) in [5, 5.41) is 10.7. The number of fused-ring (bicyclic) bond motifs is 5. The zero-order chi connectivity index (χ0) is 27.5. The van der Waals surface area contributed by atoms with Gasteiger partial charge in [-0.2, -0.15) is 0 Å². The van der Waals surface area contributed by atoms with Gasteiger partial charge in [0.25, 0.3) is 0 Å². The van der Waals surface area contributed by atoms with Gasteiger partial charge in [0.15, 0.2) is 5.78 Å². The normalized spacial score (nSPS) is 46.5. The van der Waals surface area contributed by atoms with Gasteiger partial charge in [0, 0.05) is 24.5 Å². The van der Waals surface area contributed by atoms with Crippen LogP contribution in [0.4, 0.5) is 0 Å². The fourth-order valence-electron chi connectivity index (χ4n) is 9.64. The number of carbonyl (C=O) groups excluding carboxylic acids is 2. The Kier molecular flexibility index (Phi) is 7.48. The van der Waals surface area contributed by atoms with Crippen molar-refractivity contribution in [3.63, 3.8) is 0 Å². The lowest BCUT2D eigenvalue weighted by Gasteiger charge is -2.68. The second-order valence-electron chi connectivity index (χ2n) is 13.7. The lowest BCUT2D eigenvalue weighted by molar-refractivity contribution is -0.201. The van der Waals surface area contributed by atoms with Gasteiger partial charge in [-0.3, -0.25) is 9.59 Å². The Labute approximate surface area is 224 Å². The summed E-state index contributed by atoms with van der Waals surface area (Å²) in [4.78, 5) is 25.3. The zero-order valence-corrected chi connectivity index (χ0v) is 24.3. The van der Waals surface area contributed by atoms with Gasteiger partial charge in [-0.1, -0.05) is 51.5 Å². The second-order valence-corrected chi connectivity index (χ2v) is 13.7. The summed E-state index contributed by atoms with van der Waals surface area (Å²) in [5.41, 5.74) is 9.77. The molecule has 0 bridgehead atoms. The van der Waals surface area contributed by atoms with Gasteiger partial charge >= 0.3 is 5.97 Å². The van der Waals surface area contributed by atoms with Crippen LogP contribution in [0.3, 0.4) is 0 Å². The molecule has 4 rings (SSSR count). The fourth-order valence-corrected chi connectivity index (χ4v) is 9.64. The van der Waals surface area contributed by atoms with Gasteiger partial charge in [0.2, 0.25) is 0 Å². The first-order valence-corrected chi connectivity index (χ1v) is 14.3. The molecule has 37 heavy (non-hydrogen) atoms. The minimum absolute atomic E-state index is 0.00747. The van der Waals surface area contributed by atoms with E-state index in [1.807, 2.05) is 32.1 Å². The molecular weight excluding hydrogens is 462 g/mol. The summed E-state index contributed by atoms with van der Waals surface area (Å²) in [7, 11) is 0. The Hall–Kier alpha value is -1.72. The molecule has 0 radical (unpaired) electrons. The predicted octanol–water partition coefficient (Wildman–Crippen LogP) is 5.91. The second kappa shape index (κ2) is 9.79. The van der Waals surface area contributed by atoms with E-state index in [0.717, 1.165) is 43.3 Å². The summed E-state index contributed by atoms with van der Waals surface area (Å²) in [6, 6.07) is -0.123. The van der Waals surface area contributed by atoms with Gasteiger partial charge < -0.3 is 15.6 Å². The van der Waals surface area contributed by atoms with E-state index in [-0.39, 0.29) is 46.1 Å². The molecule has 0 aromatic rings. The zero-order valence-electron chi connectivity index (χ0n) is 24.3. The first-order valence-electron chi connectivity index (χ1n) is 14.3. The van der Waals surface area contributed by atoms with E-state index < -0.39 is 6.10 Å². The van der Waals surface area contributed by atoms with Crippen LogP contribution in [0, 0.1) is 39.9 Å². The predicted molar refractivity (Wildman–Crippen MR) is 147 cm³/mol. The fraction of sp³-hybridized carbons (Fsp3) is 0.750. The molecule has 5 nitrogen and oxygen atoms in total. The van der Waals surface area contributed by atoms with E-state index in [9.17, 15) is 14.7 Å². The van der Waals surface area contributed by atoms with E-state index in [1.54, 1.807) is 6.92 Å². The Bertz CT molecular complexity index is 1040. The van der Waals surface area contributed by atoms with Crippen molar-refractivity contribution < 1.29 is 19.4 Å². The Balaban J connectivity index is 1.86. The maximum atomic E-state index is 13.1. The van der Waals surface area contributed by atoms with Crippen molar-refractivity contribution in [3.05, 3.63) is 34.9 Å². The van der Waals surface area contributed by atoms with E-state index in [2.05, 4.69) is 27.7 Å². The number of rotatable bonds is 4. The van der Waals surface area contributed by atoms with Crippen LogP contribution in [-0.2, 0) is 14.3 Å². The molecule has 4 aliphatic carbocycles. The molecular formula is C32H49NO4. The molecule has 4 fully saturated rings. The number of ketones is 1. The third kappa shape index (κ3) is 4.38. The number of nitrogens with two attached hydrogens (primary N) is 1. The maximum absolute atomic E-state index is 13.1. The average molecular weight is 512 g/mol. The average Bonchev–Trinajstić information content (AvgIpc) is 3.08. The number of allylic oxidation sites excluding steroid dienone is 5. The van der Waals surface area contributed by atoms with Crippen molar-refractivity contribution >= 4 is 11.8 Å². The topological polar surface area (TPSA) is 89.6 Å². The molecule has 0 aromatic heterocycles. The number of hydrogen-bond donors (Lipinski definition) is 2. The molecule has 3 N–H and O–H groups in total. The van der Waals surface area contributed by atoms with Gasteiger partial charge in [0.1, 0.15) is 6.10 Å². The van der Waals surface area contributed by atoms with Crippen LogP contribution >= 0.6 is 0 Å². The number of aliphatic hydroxyl groups is 1. The highest BCUT2D eigenvalue weighted by Gasteiger charge is 2.70. The van der Waals surface area contributed by atoms with E-state index in [0.29, 0.717) is 29.7 Å². The monoisotopic (exact) mass is 511 g/mol. The molecule has 0 unspecified atom stereocenters. The molecule has 4 aliphatic rings. The summed E-state index contributed by atoms with van der Waals surface area (Å²) in [6.45, 7) is 16.6. The number of hydrogen-bond acceptors (Lipinski definition) is 5. The number of aliphatic hydroxyl groups excluding tert-OH is 1. The van der Waals surface area contributed by atoms with Crippen LogP contribution in [0.25, 0.3) is 0 Å². The SMILES string of the molecule is CC(=O)O[C@H]1C[C@@]2(C)[C@H](/C1=C(\C=C\C=C(C)C)C(C)=O)[C@H](N)C[C@H]1[C@@]3(C)CC[C@@H](O)[C@@H](C)[C@@H]3CC[C@@]12C. The lowest BCUT2D eigenvalue weighted by Crippen LogP contribution is -2.65. The van der Waals surface area contributed by atoms with Gasteiger partial charge in [0.05, 0.1) is 6.10 Å². The molecule has 10 atom stereocenters. The van der Waals surface area contributed by atoms with Crippen molar-refractivity contribution in [3.8, 4) is 0 Å². The largest absolute Gasteiger partial charge is 0.458 e. The lowest BCUT2D eigenvalue weighted by atomic mass is 9.36. The summed E-state index contributed by atoms with van der Waals surface area (Å²) in [5.74, 6) is 0.843. The van der Waals surface area contributed by atoms with Gasteiger partial charge in [-0.05, 0) is 98.9 Å². The minimum Gasteiger partial charge on any atom is -0.458 e. The summed E-state index contributed by atoms with van der Waals surface area (Å²) < 4.78 is 5.99. The Morgan fingerprint density at radius 3 is 2.32 bits per heavy atom. The first kappa shape index (κ1) is 28.3. The molecule has 4 saturated carbocycles. The number of esters is 1. The molecule has 0 saturated heterocycles. The summed E-state index contributed by atoms with van der Waals surface area (Å²) >= 11 is 0. The van der Waals surface area contributed by atoms with Crippen molar-refractivity contribution in [1.82, 2.24) is 0 Å². The quantitative estimate of drug-likeness (QED) is 0.278. The van der Waals surface area contributed by atoms with Gasteiger partial charge in [-0.25, -0.2) is 0 Å². The van der Waals surface area contributed by atoms with Gasteiger partial charge in [-0.15, -0.1) is 0 Å². The first-order chi connectivity index (χ1) is 17.2. The van der Waals surface area contributed by atoms with Crippen molar-refractivity contribution in [2.75, 3.05) is 0 Å². The standard InChI is InChI=1S/C32H49NO4/c1-18(2)10-9-11-22(20(4)34)28-26(37-21(5)35)17-32(8)29(28)24(33)16-27-30(6)14-13-25(36)19(3)23(30)12-15-31(27,32)7/h9-11,19,23-27,29,36H,12-17,33H2,1-8H3/b11-9+,28-22+/t19-,23-,24+,25+,26-,27-,29-,30-,31-,32-/m0/s1. The third-order valence-corrected chi connectivity index (χ3v) is 11.5. The van der Waals surface area contributed by atoms with Crippen molar-refractivity contribution in [1.29, 1.82) is 0 Å². The number of ether oxygens (including phenoxy) is 1. The molecule has 0 aromatic carbocycles. The highest BCUT2D eigenvalue weighted by Crippen LogP contribution is 2.74. The maximum Gasteiger partial charge on any atom is 0.303 e. The minimum atomic E-state index is -0.443. The molecule has 5 heteroatoms. The molecule has 0 heterocycles. The molecule has 206 valence electrons. The summed E-state index contributed by atoms with van der Waals surface area (Å²) in [6.07, 6.45) is 10.8. The molecule has 0 spiro atoms. The Morgan fingerprint density at radius 1 is 1.05 bits per heavy atom. The number of carbonyl (C=O) groups is 2. The van der Waals surface area contributed by atoms with Crippen LogP contribution in [0.15, 0.2) is 34.9 Å². The van der Waals surface area contributed by atoms with Crippen LogP contribution in [0.5, 0.6) is 0 Å². The Morgan fingerprint density at radius 2 is 1.73 bits per heavy atom. The smallest absolute Gasteiger partial charge is 0.303 e. The van der Waals surface area contributed by atoms with E-state index in [4.69, 9.17) is 10.5 Å². The van der Waals surface area contributed by atoms with E-state index in [1.165, 1.54) is 6.92 Å². The third-order valence-electron chi connectivity index (χ3n) is 11.5. The van der Waals surface area contributed by atoms with Crippen LogP contribution < -0.4 is 5.73 Å². The molecule has 0 amide bonds.